The molecule has 414 valence electrons. The van der Waals surface area contributed by atoms with Gasteiger partial charge in [0.1, 0.15) is 13.2 Å². The molecule has 0 amide bonds. The van der Waals surface area contributed by atoms with Crippen LogP contribution in [0.15, 0.2) is 48.6 Å². The molecule has 0 aliphatic carbocycles. The third-order valence-corrected chi connectivity index (χ3v) is 13.8. The molecule has 6 heteroatoms. The van der Waals surface area contributed by atoms with Crippen molar-refractivity contribution in [2.45, 2.75) is 335 Å². The number of ether oxygens (including phenoxy) is 3. The van der Waals surface area contributed by atoms with Gasteiger partial charge in [0.2, 0.25) is 0 Å². The predicted octanol–water partition coefficient (Wildman–Crippen LogP) is 21.0. The van der Waals surface area contributed by atoms with Gasteiger partial charge in [0.25, 0.3) is 0 Å². The molecule has 1 unspecified atom stereocenters. The van der Waals surface area contributed by atoms with Gasteiger partial charge in [-0.15, -0.1) is 0 Å². The maximum Gasteiger partial charge on any atom is 0.306 e. The van der Waals surface area contributed by atoms with E-state index in [0.717, 1.165) is 83.5 Å². The van der Waals surface area contributed by atoms with Gasteiger partial charge in [-0.2, -0.15) is 0 Å². The Kier molecular flexibility index (Phi) is 57.7. The standard InChI is InChI=1S/C65H118O6/c1-4-7-10-13-16-19-22-24-26-28-30-32-33-34-36-37-39-41-43-46-49-52-55-58-64(67)70-61-62(60-69-63(66)57-54-51-48-45-21-18-15-12-9-6-3)71-65(68)59-56-53-50-47-44-42-40-38-35-31-29-27-25-23-20-17-14-11-8-5-2/h7,10,16,19,24,26,30,32,62H,4-6,8-9,11-15,17-18,20-23,25,27-29,31,33-61H2,1-3H3/b10-7-,19-16-,26-24-,32-30-. The average Bonchev–Trinajstić information content (AvgIpc) is 3.37. The van der Waals surface area contributed by atoms with E-state index in [1.807, 2.05) is 0 Å². The number of allylic oxidation sites excluding steroid dienone is 8. The molecule has 0 aliphatic rings. The minimum absolute atomic E-state index is 0.0693. The number of hydrogen-bond acceptors (Lipinski definition) is 6. The Balaban J connectivity index is 4.23. The van der Waals surface area contributed by atoms with E-state index in [4.69, 9.17) is 14.2 Å². The van der Waals surface area contributed by atoms with E-state index in [9.17, 15) is 14.4 Å². The number of rotatable bonds is 57. The fourth-order valence-corrected chi connectivity index (χ4v) is 9.20. The van der Waals surface area contributed by atoms with Crippen LogP contribution in [0.4, 0.5) is 0 Å². The summed E-state index contributed by atoms with van der Waals surface area (Å²) in [4.78, 5) is 38.2. The molecule has 0 heterocycles. The molecule has 0 aromatic heterocycles. The van der Waals surface area contributed by atoms with E-state index in [2.05, 4.69) is 69.4 Å². The monoisotopic (exact) mass is 995 g/mol. The minimum Gasteiger partial charge on any atom is -0.462 e. The molecule has 0 spiro atoms. The minimum atomic E-state index is -0.770. The van der Waals surface area contributed by atoms with Gasteiger partial charge in [0, 0.05) is 19.3 Å². The second kappa shape index (κ2) is 59.9. The van der Waals surface area contributed by atoms with Crippen LogP contribution < -0.4 is 0 Å². The van der Waals surface area contributed by atoms with Crippen LogP contribution in [0.2, 0.25) is 0 Å². The summed E-state index contributed by atoms with van der Waals surface area (Å²) in [7, 11) is 0. The zero-order chi connectivity index (χ0) is 51.4. The highest BCUT2D eigenvalue weighted by molar-refractivity contribution is 5.71. The second-order valence-electron chi connectivity index (χ2n) is 21.0. The Morgan fingerprint density at radius 1 is 0.296 bits per heavy atom. The SMILES string of the molecule is CC/C=C\C/C=C\C/C=C\C/C=C\CCCCCCCCCCCCC(=O)OCC(COC(=O)CCCCCCCCCCCC)OC(=O)CCCCCCCCCCCCCCCCCCCCCC. The van der Waals surface area contributed by atoms with Crippen LogP contribution in [-0.2, 0) is 28.6 Å². The van der Waals surface area contributed by atoms with Crippen LogP contribution in [0.25, 0.3) is 0 Å². The van der Waals surface area contributed by atoms with Gasteiger partial charge >= 0.3 is 17.9 Å². The number of carbonyl (C=O) groups excluding carboxylic acids is 3. The van der Waals surface area contributed by atoms with E-state index in [1.54, 1.807) is 0 Å². The molecule has 0 aromatic carbocycles. The Morgan fingerprint density at radius 3 is 0.859 bits per heavy atom. The fourth-order valence-electron chi connectivity index (χ4n) is 9.20. The van der Waals surface area contributed by atoms with Crippen molar-refractivity contribution < 1.29 is 28.6 Å². The lowest BCUT2D eigenvalue weighted by Gasteiger charge is -2.18. The maximum atomic E-state index is 12.9. The van der Waals surface area contributed by atoms with Gasteiger partial charge < -0.3 is 14.2 Å². The summed E-state index contributed by atoms with van der Waals surface area (Å²) in [5, 5.41) is 0. The molecule has 0 aliphatic heterocycles. The molecule has 0 rings (SSSR count). The molecule has 0 saturated heterocycles. The van der Waals surface area contributed by atoms with Crippen molar-refractivity contribution in [2.24, 2.45) is 0 Å². The summed E-state index contributed by atoms with van der Waals surface area (Å²) < 4.78 is 16.9. The smallest absolute Gasteiger partial charge is 0.306 e. The number of unbranched alkanes of at least 4 members (excludes halogenated alkanes) is 38. The molecule has 71 heavy (non-hydrogen) atoms. The molecule has 6 nitrogen and oxygen atoms in total. The van der Waals surface area contributed by atoms with Crippen molar-refractivity contribution >= 4 is 17.9 Å². The van der Waals surface area contributed by atoms with Gasteiger partial charge in [-0.05, 0) is 57.8 Å². The highest BCUT2D eigenvalue weighted by Gasteiger charge is 2.19. The molecule has 0 saturated carbocycles. The summed E-state index contributed by atoms with van der Waals surface area (Å²) in [5.74, 6) is -0.855. The van der Waals surface area contributed by atoms with Crippen LogP contribution in [0.1, 0.15) is 329 Å². The van der Waals surface area contributed by atoms with E-state index >= 15 is 0 Å². The third kappa shape index (κ3) is 58.1. The number of carbonyl (C=O) groups is 3. The first-order valence-electron chi connectivity index (χ1n) is 31.1. The number of hydrogen-bond donors (Lipinski definition) is 0. The van der Waals surface area contributed by atoms with Gasteiger partial charge in [-0.1, -0.05) is 301 Å². The van der Waals surface area contributed by atoms with Crippen molar-refractivity contribution in [1.29, 1.82) is 0 Å². The molecule has 1 atom stereocenters. The molecule has 0 bridgehead atoms. The van der Waals surface area contributed by atoms with Crippen LogP contribution in [0.3, 0.4) is 0 Å². The van der Waals surface area contributed by atoms with Crippen LogP contribution >= 0.6 is 0 Å². The Labute approximate surface area is 441 Å². The Morgan fingerprint density at radius 2 is 0.549 bits per heavy atom. The van der Waals surface area contributed by atoms with Gasteiger partial charge in [-0.25, -0.2) is 0 Å². The van der Waals surface area contributed by atoms with Gasteiger partial charge in [-0.3, -0.25) is 14.4 Å². The summed E-state index contributed by atoms with van der Waals surface area (Å²) in [5.41, 5.74) is 0. The second-order valence-corrected chi connectivity index (χ2v) is 21.0. The van der Waals surface area contributed by atoms with Gasteiger partial charge in [0.05, 0.1) is 0 Å². The summed E-state index contributed by atoms with van der Waals surface area (Å²) in [6.07, 6.45) is 74.0. The normalized spacial score (nSPS) is 12.3. The van der Waals surface area contributed by atoms with Gasteiger partial charge in [0.15, 0.2) is 6.10 Å². The largest absolute Gasteiger partial charge is 0.462 e. The maximum absolute atomic E-state index is 12.9. The first kappa shape index (κ1) is 68.4. The van der Waals surface area contributed by atoms with E-state index in [1.165, 1.54) is 205 Å². The molecule has 0 fully saturated rings. The quantitative estimate of drug-likeness (QED) is 0.0261. The van der Waals surface area contributed by atoms with Crippen molar-refractivity contribution in [2.75, 3.05) is 13.2 Å². The van der Waals surface area contributed by atoms with Crippen LogP contribution in [0.5, 0.6) is 0 Å². The Bertz CT molecular complexity index is 1230. The lowest BCUT2D eigenvalue weighted by atomic mass is 10.0. The predicted molar refractivity (Wildman–Crippen MR) is 307 cm³/mol. The van der Waals surface area contributed by atoms with Crippen molar-refractivity contribution in [1.82, 2.24) is 0 Å². The fraction of sp³-hybridized carbons (Fsp3) is 0.831. The molecular formula is C65H118O6. The van der Waals surface area contributed by atoms with E-state index < -0.39 is 6.10 Å². The first-order valence-corrected chi connectivity index (χ1v) is 31.1. The molecule has 0 N–H and O–H groups in total. The summed E-state index contributed by atoms with van der Waals surface area (Å²) in [6.45, 7) is 6.56. The van der Waals surface area contributed by atoms with Crippen LogP contribution in [-0.4, -0.2) is 37.2 Å². The van der Waals surface area contributed by atoms with Crippen molar-refractivity contribution in [3.63, 3.8) is 0 Å². The Hall–Kier alpha value is -2.63. The van der Waals surface area contributed by atoms with E-state index in [0.29, 0.717) is 19.3 Å². The van der Waals surface area contributed by atoms with Crippen LogP contribution in [0, 0.1) is 0 Å². The topological polar surface area (TPSA) is 78.9 Å². The third-order valence-electron chi connectivity index (χ3n) is 13.8. The summed E-state index contributed by atoms with van der Waals surface area (Å²) in [6, 6.07) is 0. The zero-order valence-corrected chi connectivity index (χ0v) is 47.5. The van der Waals surface area contributed by atoms with Crippen molar-refractivity contribution in [3.05, 3.63) is 48.6 Å². The zero-order valence-electron chi connectivity index (χ0n) is 47.5. The highest BCUT2D eigenvalue weighted by Crippen LogP contribution is 2.17. The lowest BCUT2D eigenvalue weighted by molar-refractivity contribution is -0.167. The summed E-state index contributed by atoms with van der Waals surface area (Å²) >= 11 is 0. The number of esters is 3. The average molecular weight is 996 g/mol. The first-order chi connectivity index (χ1) is 35.0. The van der Waals surface area contributed by atoms with Crippen molar-refractivity contribution in [3.8, 4) is 0 Å². The molecule has 0 aromatic rings. The highest BCUT2D eigenvalue weighted by atomic mass is 16.6. The lowest BCUT2D eigenvalue weighted by Crippen LogP contribution is -2.30. The van der Waals surface area contributed by atoms with E-state index in [-0.39, 0.29) is 31.1 Å². The molecular weight excluding hydrogens is 877 g/mol. The molecule has 0 radical (unpaired) electrons.